The van der Waals surface area contributed by atoms with Crippen molar-refractivity contribution in [3.63, 3.8) is 0 Å². The van der Waals surface area contributed by atoms with Crippen LogP contribution in [0.3, 0.4) is 0 Å². The van der Waals surface area contributed by atoms with Crippen LogP contribution in [0, 0.1) is 0 Å². The van der Waals surface area contributed by atoms with Crippen molar-refractivity contribution in [3.05, 3.63) is 35.9 Å². The lowest BCUT2D eigenvalue weighted by molar-refractivity contribution is -0.145. The van der Waals surface area contributed by atoms with Crippen molar-refractivity contribution in [1.82, 2.24) is 4.90 Å². The predicted molar refractivity (Wildman–Crippen MR) is 60.4 cm³/mol. The summed E-state index contributed by atoms with van der Waals surface area (Å²) in [4.78, 5) is 12.6. The van der Waals surface area contributed by atoms with Crippen LogP contribution in [-0.2, 0) is 0 Å². The molecule has 0 aromatic heterocycles. The number of halogens is 3. The van der Waals surface area contributed by atoms with Crippen LogP contribution >= 0.6 is 0 Å². The van der Waals surface area contributed by atoms with Gasteiger partial charge in [-0.05, 0) is 0 Å². The van der Waals surface area contributed by atoms with Gasteiger partial charge in [-0.2, -0.15) is 13.2 Å². The third-order valence-corrected chi connectivity index (χ3v) is 2.28. The van der Waals surface area contributed by atoms with E-state index in [-0.39, 0.29) is 13.1 Å². The Morgan fingerprint density at radius 3 is 2.33 bits per heavy atom. The molecule has 0 aliphatic carbocycles. The first-order valence-corrected chi connectivity index (χ1v) is 5.40. The van der Waals surface area contributed by atoms with E-state index in [0.717, 1.165) is 4.90 Å². The van der Waals surface area contributed by atoms with Crippen LogP contribution in [0.25, 0.3) is 0 Å². The first-order chi connectivity index (χ1) is 8.42. The van der Waals surface area contributed by atoms with Crippen LogP contribution in [0.4, 0.5) is 13.2 Å². The Bertz CT molecular complexity index is 379. The molecule has 0 unspecified atom stereocenters. The minimum absolute atomic E-state index is 0.182. The average molecular weight is 261 g/mol. The average Bonchev–Trinajstić information content (AvgIpc) is 2.28. The number of nitrogens with zero attached hydrogens (tertiary/aromatic N) is 1. The van der Waals surface area contributed by atoms with Crippen molar-refractivity contribution in [2.45, 2.75) is 6.18 Å². The van der Waals surface area contributed by atoms with Gasteiger partial charge in [-0.15, -0.1) is 0 Å². The molecule has 100 valence electrons. The monoisotopic (exact) mass is 261 g/mol. The van der Waals surface area contributed by atoms with Gasteiger partial charge in [0.05, 0.1) is 19.7 Å². The Balaban J connectivity index is 2.64. The Hall–Kier alpha value is -1.40. The summed E-state index contributed by atoms with van der Waals surface area (Å²) >= 11 is 0. The van der Waals surface area contributed by atoms with Gasteiger partial charge in [0.25, 0.3) is 0 Å². The van der Waals surface area contributed by atoms with E-state index in [1.54, 1.807) is 30.3 Å². The largest absolute Gasteiger partial charge is 0.401 e. The molecule has 0 radical (unpaired) electrons. The number of alkyl halides is 3. The zero-order valence-corrected chi connectivity index (χ0v) is 9.65. The third kappa shape index (κ3) is 5.29. The summed E-state index contributed by atoms with van der Waals surface area (Å²) < 4.78 is 36.7. The lowest BCUT2D eigenvalue weighted by atomic mass is 10.1. The molecular formula is C12H14F3NO2. The van der Waals surface area contributed by atoms with Gasteiger partial charge in [-0.3, -0.25) is 9.69 Å². The van der Waals surface area contributed by atoms with E-state index >= 15 is 0 Å². The van der Waals surface area contributed by atoms with Crippen LogP contribution in [0.5, 0.6) is 0 Å². The number of carbonyl (C=O) groups excluding carboxylic acids is 1. The standard InChI is InChI=1S/C12H14F3NO2/c13-12(14,15)9-16(6-7-17)8-11(18)10-4-2-1-3-5-10/h1-5,17H,6-9H2. The van der Waals surface area contributed by atoms with Gasteiger partial charge < -0.3 is 5.11 Å². The number of aliphatic hydroxyl groups is 1. The molecule has 0 fully saturated rings. The summed E-state index contributed by atoms with van der Waals surface area (Å²) in [6, 6.07) is 8.11. The van der Waals surface area contributed by atoms with E-state index in [9.17, 15) is 18.0 Å². The van der Waals surface area contributed by atoms with E-state index in [0.29, 0.717) is 5.56 Å². The number of aliphatic hydroxyl groups excluding tert-OH is 1. The lowest BCUT2D eigenvalue weighted by Gasteiger charge is -2.21. The molecule has 0 amide bonds. The maximum atomic E-state index is 12.2. The van der Waals surface area contributed by atoms with Crippen LogP contribution in [-0.4, -0.2) is 48.2 Å². The van der Waals surface area contributed by atoms with Gasteiger partial charge in [0.2, 0.25) is 0 Å². The first kappa shape index (κ1) is 14.7. The number of carbonyl (C=O) groups is 1. The number of benzene rings is 1. The van der Waals surface area contributed by atoms with Gasteiger partial charge in [-0.1, -0.05) is 30.3 Å². The highest BCUT2D eigenvalue weighted by atomic mass is 19.4. The molecule has 0 spiro atoms. The molecule has 0 bridgehead atoms. The number of ketones is 1. The number of rotatable bonds is 6. The SMILES string of the molecule is O=C(CN(CCO)CC(F)(F)F)c1ccccc1. The molecule has 18 heavy (non-hydrogen) atoms. The van der Waals surface area contributed by atoms with Gasteiger partial charge in [0.15, 0.2) is 5.78 Å². The fourth-order valence-electron chi connectivity index (χ4n) is 1.53. The van der Waals surface area contributed by atoms with Crippen molar-refractivity contribution < 1.29 is 23.1 Å². The Kier molecular flexibility index (Phi) is 5.30. The van der Waals surface area contributed by atoms with Gasteiger partial charge in [0.1, 0.15) is 0 Å². The molecular weight excluding hydrogens is 247 g/mol. The lowest BCUT2D eigenvalue weighted by Crippen LogP contribution is -2.39. The van der Waals surface area contributed by atoms with Gasteiger partial charge >= 0.3 is 6.18 Å². The van der Waals surface area contributed by atoms with E-state index in [1.165, 1.54) is 0 Å². The summed E-state index contributed by atoms with van der Waals surface area (Å²) in [5.74, 6) is -0.395. The maximum absolute atomic E-state index is 12.2. The van der Waals surface area contributed by atoms with Crippen molar-refractivity contribution >= 4 is 5.78 Å². The molecule has 0 saturated heterocycles. The Morgan fingerprint density at radius 2 is 1.83 bits per heavy atom. The second-order valence-corrected chi connectivity index (χ2v) is 3.84. The quantitative estimate of drug-likeness (QED) is 0.793. The van der Waals surface area contributed by atoms with Gasteiger partial charge in [-0.25, -0.2) is 0 Å². The van der Waals surface area contributed by atoms with Crippen LogP contribution in [0.15, 0.2) is 30.3 Å². The van der Waals surface area contributed by atoms with Crippen molar-refractivity contribution in [2.24, 2.45) is 0 Å². The fraction of sp³-hybridized carbons (Fsp3) is 0.417. The minimum Gasteiger partial charge on any atom is -0.395 e. The number of hydrogen-bond donors (Lipinski definition) is 1. The second-order valence-electron chi connectivity index (χ2n) is 3.84. The summed E-state index contributed by atoms with van der Waals surface area (Å²) in [6.07, 6.45) is -4.38. The summed E-state index contributed by atoms with van der Waals surface area (Å²) in [7, 11) is 0. The molecule has 6 heteroatoms. The molecule has 3 nitrogen and oxygen atoms in total. The van der Waals surface area contributed by atoms with E-state index in [1.807, 2.05) is 0 Å². The minimum atomic E-state index is -4.38. The zero-order chi connectivity index (χ0) is 13.6. The van der Waals surface area contributed by atoms with Crippen LogP contribution < -0.4 is 0 Å². The van der Waals surface area contributed by atoms with Crippen LogP contribution in [0.1, 0.15) is 10.4 Å². The number of Topliss-reactive ketones (excluding diaryl/α,β-unsaturated/α-hetero) is 1. The Morgan fingerprint density at radius 1 is 1.22 bits per heavy atom. The van der Waals surface area contributed by atoms with Crippen molar-refractivity contribution in [2.75, 3.05) is 26.2 Å². The highest BCUT2D eigenvalue weighted by molar-refractivity contribution is 5.97. The van der Waals surface area contributed by atoms with E-state index in [2.05, 4.69) is 0 Å². The smallest absolute Gasteiger partial charge is 0.395 e. The zero-order valence-electron chi connectivity index (χ0n) is 9.65. The first-order valence-electron chi connectivity index (χ1n) is 5.40. The topological polar surface area (TPSA) is 40.5 Å². The summed E-state index contributed by atoms with van der Waals surface area (Å²) in [6.45, 7) is -2.16. The predicted octanol–water partition coefficient (Wildman–Crippen LogP) is 1.73. The second kappa shape index (κ2) is 6.51. The van der Waals surface area contributed by atoms with Crippen molar-refractivity contribution in [3.8, 4) is 0 Å². The molecule has 1 aromatic carbocycles. The normalized spacial score (nSPS) is 11.8. The molecule has 0 heterocycles. The number of hydrogen-bond acceptors (Lipinski definition) is 3. The fourth-order valence-corrected chi connectivity index (χ4v) is 1.53. The highest BCUT2D eigenvalue weighted by Crippen LogP contribution is 2.16. The van der Waals surface area contributed by atoms with Gasteiger partial charge in [0, 0.05) is 12.1 Å². The summed E-state index contributed by atoms with van der Waals surface area (Å²) in [5.41, 5.74) is 0.364. The maximum Gasteiger partial charge on any atom is 0.401 e. The Labute approximate surface area is 103 Å². The molecule has 1 N–H and O–H groups in total. The van der Waals surface area contributed by atoms with Crippen LogP contribution in [0.2, 0.25) is 0 Å². The van der Waals surface area contributed by atoms with Crippen molar-refractivity contribution in [1.29, 1.82) is 0 Å². The van der Waals surface area contributed by atoms with E-state index < -0.39 is 25.1 Å². The molecule has 0 saturated carbocycles. The molecule has 0 aliphatic heterocycles. The van der Waals surface area contributed by atoms with E-state index in [4.69, 9.17) is 5.11 Å². The molecule has 0 aliphatic rings. The third-order valence-electron chi connectivity index (χ3n) is 2.28. The summed E-state index contributed by atoms with van der Waals surface area (Å²) in [5, 5.41) is 8.70. The highest BCUT2D eigenvalue weighted by Gasteiger charge is 2.31. The molecule has 1 rings (SSSR count). The molecule has 0 atom stereocenters. The molecule has 1 aromatic rings.